The molecule has 0 aromatic heterocycles. The summed E-state index contributed by atoms with van der Waals surface area (Å²) >= 11 is 6.45. The smallest absolute Gasteiger partial charge is 0.267 e. The summed E-state index contributed by atoms with van der Waals surface area (Å²) in [6, 6.07) is 12.6. The number of ether oxygens (including phenoxy) is 2. The minimum absolute atomic E-state index is 0.143. The predicted molar refractivity (Wildman–Crippen MR) is 112 cm³/mol. The van der Waals surface area contributed by atoms with Crippen molar-refractivity contribution in [2.75, 3.05) is 48.0 Å². The number of rotatable bonds is 3. The number of hydrogen-bond acceptors (Lipinski definition) is 5. The average molecular weight is 416 g/mol. The highest BCUT2D eigenvalue weighted by Gasteiger charge is 2.33. The molecule has 0 radical (unpaired) electrons. The molecule has 1 saturated heterocycles. The maximum Gasteiger partial charge on any atom is 0.267 e. The minimum Gasteiger partial charge on any atom is -0.476 e. The van der Waals surface area contributed by atoms with Gasteiger partial charge in [0.25, 0.3) is 5.91 Å². The zero-order valence-electron chi connectivity index (χ0n) is 16.1. The summed E-state index contributed by atoms with van der Waals surface area (Å²) in [5.41, 5.74) is 2.05. The van der Waals surface area contributed by atoms with E-state index in [4.69, 9.17) is 21.1 Å². The third kappa shape index (κ3) is 4.02. The molecule has 2 aromatic rings. The molecule has 0 aliphatic carbocycles. The number of nitrogens with one attached hydrogen (secondary N) is 1. The molecule has 2 aliphatic heterocycles. The maximum atomic E-state index is 13.0. The molecule has 1 N–H and O–H groups in total. The van der Waals surface area contributed by atoms with Gasteiger partial charge in [-0.05, 0) is 24.3 Å². The molecule has 1 fully saturated rings. The van der Waals surface area contributed by atoms with Crippen LogP contribution in [-0.4, -0.2) is 50.8 Å². The van der Waals surface area contributed by atoms with Crippen LogP contribution in [0.3, 0.4) is 0 Å². The van der Waals surface area contributed by atoms with E-state index >= 15 is 0 Å². The lowest BCUT2D eigenvalue weighted by atomic mass is 10.1. The molecule has 0 bridgehead atoms. The summed E-state index contributed by atoms with van der Waals surface area (Å²) in [6.07, 6.45) is -0.828. The van der Waals surface area contributed by atoms with Gasteiger partial charge in [-0.15, -0.1) is 0 Å². The predicted octanol–water partition coefficient (Wildman–Crippen LogP) is 2.93. The molecule has 0 spiro atoms. The van der Waals surface area contributed by atoms with Crippen LogP contribution in [0.15, 0.2) is 42.5 Å². The molecule has 2 aromatic carbocycles. The largest absolute Gasteiger partial charge is 0.476 e. The van der Waals surface area contributed by atoms with E-state index in [-0.39, 0.29) is 18.4 Å². The molecule has 1 unspecified atom stereocenters. The molecule has 0 saturated carbocycles. The van der Waals surface area contributed by atoms with Crippen molar-refractivity contribution >= 4 is 40.5 Å². The van der Waals surface area contributed by atoms with Gasteiger partial charge in [0.1, 0.15) is 5.75 Å². The zero-order chi connectivity index (χ0) is 20.4. The number of nitrogens with zero attached hydrogens (tertiary/aromatic N) is 2. The molecule has 8 heteroatoms. The van der Waals surface area contributed by atoms with Crippen molar-refractivity contribution in [3.8, 4) is 5.75 Å². The van der Waals surface area contributed by atoms with Gasteiger partial charge >= 0.3 is 0 Å². The summed E-state index contributed by atoms with van der Waals surface area (Å²) in [6.45, 7) is 4.22. The van der Waals surface area contributed by atoms with Gasteiger partial charge in [-0.3, -0.25) is 9.59 Å². The Morgan fingerprint density at radius 3 is 2.62 bits per heavy atom. The van der Waals surface area contributed by atoms with E-state index in [9.17, 15) is 9.59 Å². The first kappa shape index (κ1) is 19.5. The van der Waals surface area contributed by atoms with Crippen molar-refractivity contribution in [2.45, 2.75) is 13.0 Å². The molecule has 1 atom stereocenters. The first-order chi connectivity index (χ1) is 14.0. The van der Waals surface area contributed by atoms with Gasteiger partial charge in [-0.2, -0.15) is 0 Å². The summed E-state index contributed by atoms with van der Waals surface area (Å²) in [5, 5.41) is 3.50. The monoisotopic (exact) mass is 415 g/mol. The summed E-state index contributed by atoms with van der Waals surface area (Å²) in [4.78, 5) is 28.8. The van der Waals surface area contributed by atoms with Crippen LogP contribution < -0.4 is 19.9 Å². The fourth-order valence-electron chi connectivity index (χ4n) is 3.61. The molecule has 2 aliphatic rings. The summed E-state index contributed by atoms with van der Waals surface area (Å²) < 4.78 is 11.3. The number of para-hydroxylation sites is 3. The number of benzene rings is 2. The van der Waals surface area contributed by atoms with Gasteiger partial charge in [0, 0.05) is 20.0 Å². The number of halogens is 1. The van der Waals surface area contributed by atoms with Crippen molar-refractivity contribution in [2.24, 2.45) is 0 Å². The normalized spacial score (nSPS) is 18.6. The van der Waals surface area contributed by atoms with Crippen LogP contribution in [0.1, 0.15) is 6.92 Å². The Morgan fingerprint density at radius 1 is 1.10 bits per heavy atom. The van der Waals surface area contributed by atoms with Crippen molar-refractivity contribution in [1.82, 2.24) is 0 Å². The van der Waals surface area contributed by atoms with Gasteiger partial charge in [0.05, 0.1) is 41.8 Å². The summed E-state index contributed by atoms with van der Waals surface area (Å²) in [7, 11) is 0. The van der Waals surface area contributed by atoms with Crippen LogP contribution in [0.25, 0.3) is 0 Å². The SMILES string of the molecule is CC(=O)N1CC(C(=O)Nc2cccc(Cl)c2N2CCOCC2)Oc2ccccc21. The molecule has 29 heavy (non-hydrogen) atoms. The van der Waals surface area contributed by atoms with Crippen molar-refractivity contribution in [1.29, 1.82) is 0 Å². The van der Waals surface area contributed by atoms with E-state index in [2.05, 4.69) is 10.2 Å². The van der Waals surface area contributed by atoms with Gasteiger partial charge in [-0.25, -0.2) is 0 Å². The third-order valence-electron chi connectivity index (χ3n) is 5.02. The molecule has 152 valence electrons. The van der Waals surface area contributed by atoms with Crippen LogP contribution in [0.4, 0.5) is 17.1 Å². The van der Waals surface area contributed by atoms with Crippen LogP contribution in [-0.2, 0) is 14.3 Å². The molecule has 7 nitrogen and oxygen atoms in total. The van der Waals surface area contributed by atoms with Crippen LogP contribution >= 0.6 is 11.6 Å². The van der Waals surface area contributed by atoms with E-state index in [0.29, 0.717) is 48.5 Å². The molecular formula is C21H22ClN3O4. The lowest BCUT2D eigenvalue weighted by molar-refractivity contribution is -0.123. The second-order valence-corrected chi connectivity index (χ2v) is 7.34. The fourth-order valence-corrected chi connectivity index (χ4v) is 3.90. The highest BCUT2D eigenvalue weighted by atomic mass is 35.5. The Kier molecular flexibility index (Phi) is 5.60. The Morgan fingerprint density at radius 2 is 1.86 bits per heavy atom. The number of anilines is 3. The molecular weight excluding hydrogens is 394 g/mol. The number of hydrogen-bond donors (Lipinski definition) is 1. The van der Waals surface area contributed by atoms with Crippen molar-refractivity contribution < 1.29 is 19.1 Å². The van der Waals surface area contributed by atoms with Crippen LogP contribution in [0.5, 0.6) is 5.75 Å². The summed E-state index contributed by atoms with van der Waals surface area (Å²) in [5.74, 6) is 0.0337. The van der Waals surface area contributed by atoms with E-state index in [1.54, 1.807) is 29.2 Å². The second-order valence-electron chi connectivity index (χ2n) is 6.93. The average Bonchev–Trinajstić information content (AvgIpc) is 2.73. The maximum absolute atomic E-state index is 13.0. The molecule has 4 rings (SSSR count). The van der Waals surface area contributed by atoms with E-state index in [0.717, 1.165) is 5.69 Å². The zero-order valence-corrected chi connectivity index (χ0v) is 16.8. The highest BCUT2D eigenvalue weighted by Crippen LogP contribution is 2.36. The lowest BCUT2D eigenvalue weighted by Gasteiger charge is -2.34. The van der Waals surface area contributed by atoms with Gasteiger partial charge in [0.2, 0.25) is 5.91 Å². The third-order valence-corrected chi connectivity index (χ3v) is 5.32. The topological polar surface area (TPSA) is 71.1 Å². The van der Waals surface area contributed by atoms with E-state index < -0.39 is 6.10 Å². The lowest BCUT2D eigenvalue weighted by Crippen LogP contribution is -2.48. The number of carbonyl (C=O) groups is 2. The number of fused-ring (bicyclic) bond motifs is 1. The Bertz CT molecular complexity index is 930. The first-order valence-corrected chi connectivity index (χ1v) is 9.88. The standard InChI is InChI=1S/C21H22ClN3O4/c1-14(26)25-13-19(29-18-8-3-2-7-17(18)25)21(27)23-16-6-4-5-15(22)20(16)24-9-11-28-12-10-24/h2-8,19H,9-13H2,1H3,(H,23,27). The van der Waals surface area contributed by atoms with Crippen molar-refractivity contribution in [3.63, 3.8) is 0 Å². The molecule has 2 heterocycles. The van der Waals surface area contributed by atoms with Gasteiger partial charge in [-0.1, -0.05) is 29.8 Å². The highest BCUT2D eigenvalue weighted by molar-refractivity contribution is 6.34. The van der Waals surface area contributed by atoms with Crippen LogP contribution in [0, 0.1) is 0 Å². The van der Waals surface area contributed by atoms with E-state index in [1.807, 2.05) is 18.2 Å². The van der Waals surface area contributed by atoms with Gasteiger partial charge < -0.3 is 24.6 Å². The minimum atomic E-state index is -0.828. The number of carbonyl (C=O) groups excluding carboxylic acids is 2. The number of morpholine rings is 1. The van der Waals surface area contributed by atoms with Crippen LogP contribution in [0.2, 0.25) is 5.02 Å². The quantitative estimate of drug-likeness (QED) is 0.834. The Balaban J connectivity index is 1.57. The van der Waals surface area contributed by atoms with Crippen molar-refractivity contribution in [3.05, 3.63) is 47.5 Å². The first-order valence-electron chi connectivity index (χ1n) is 9.50. The fraction of sp³-hybridized carbons (Fsp3) is 0.333. The van der Waals surface area contributed by atoms with E-state index in [1.165, 1.54) is 6.92 Å². The Hall–Kier alpha value is -2.77. The number of amides is 2. The Labute approximate surface area is 174 Å². The van der Waals surface area contributed by atoms with Gasteiger partial charge in [0.15, 0.2) is 6.10 Å². The molecule has 2 amide bonds. The second kappa shape index (κ2) is 8.31.